The number of ether oxygens (including phenoxy) is 5. The van der Waals surface area contributed by atoms with Gasteiger partial charge in [-0.15, -0.1) is 0 Å². The van der Waals surface area contributed by atoms with Crippen molar-refractivity contribution in [2.24, 2.45) is 5.11 Å². The third kappa shape index (κ3) is 6.47. The molecule has 5 atom stereocenters. The molecule has 0 aromatic heterocycles. The van der Waals surface area contributed by atoms with E-state index in [0.29, 0.717) is 0 Å². The van der Waals surface area contributed by atoms with Crippen molar-refractivity contribution in [3.05, 3.63) is 10.4 Å². The zero-order chi connectivity index (χ0) is 19.7. The van der Waals surface area contributed by atoms with E-state index in [1.807, 2.05) is 0 Å². The number of azide groups is 1. The lowest BCUT2D eigenvalue weighted by atomic mass is 9.98. The summed E-state index contributed by atoms with van der Waals surface area (Å²) in [4.78, 5) is 36.7. The zero-order valence-electron chi connectivity index (χ0n) is 14.5. The van der Waals surface area contributed by atoms with E-state index in [4.69, 9.17) is 29.2 Å². The number of halogens is 1. The Kier molecular flexibility index (Phi) is 8.76. The summed E-state index contributed by atoms with van der Waals surface area (Å²) in [5.74, 6) is -2.28. The molecule has 12 heteroatoms. The van der Waals surface area contributed by atoms with Crippen molar-refractivity contribution in [3.8, 4) is 0 Å². The van der Waals surface area contributed by atoms with Gasteiger partial charge in [-0.2, -0.15) is 0 Å². The van der Waals surface area contributed by atoms with Crippen LogP contribution in [-0.4, -0.2) is 68.4 Å². The Hall–Kier alpha value is -2.43. The van der Waals surface area contributed by atoms with Crippen LogP contribution in [0.2, 0.25) is 0 Å². The summed E-state index contributed by atoms with van der Waals surface area (Å²) in [6, 6.07) is 0. The highest BCUT2D eigenvalue weighted by atomic mass is 19.1. The molecule has 0 unspecified atom stereocenters. The van der Waals surface area contributed by atoms with Crippen molar-refractivity contribution < 1.29 is 42.5 Å². The van der Waals surface area contributed by atoms with Gasteiger partial charge in [0.05, 0.1) is 6.61 Å². The standard InChI is InChI=1S/C14H20FN3O8/c1-7(19)23-11-10(6-15)26-14(22-5-4-17-18-16)13(25-9(3)21)12(11)24-8(2)20/h10-14H,4-6H2,1-3H3/t10-,11-,12+,13+,14+/m1/s1. The molecule has 146 valence electrons. The summed E-state index contributed by atoms with van der Waals surface area (Å²) < 4.78 is 39.3. The lowest BCUT2D eigenvalue weighted by molar-refractivity contribution is -0.304. The van der Waals surface area contributed by atoms with E-state index in [2.05, 4.69) is 10.0 Å². The summed E-state index contributed by atoms with van der Waals surface area (Å²) in [5.41, 5.74) is 8.26. The predicted molar refractivity (Wildman–Crippen MR) is 81.3 cm³/mol. The molecule has 1 fully saturated rings. The number of alkyl halides is 1. The lowest BCUT2D eigenvalue weighted by Gasteiger charge is -2.43. The predicted octanol–water partition coefficient (Wildman–Crippen LogP) is 0.803. The minimum absolute atomic E-state index is 0.0605. The largest absolute Gasteiger partial charge is 0.456 e. The molecule has 0 bridgehead atoms. The molecule has 0 aromatic carbocycles. The lowest BCUT2D eigenvalue weighted by Crippen LogP contribution is -2.62. The fraction of sp³-hybridized carbons (Fsp3) is 0.786. The third-order valence-electron chi connectivity index (χ3n) is 3.19. The molecule has 1 aliphatic heterocycles. The summed E-state index contributed by atoms with van der Waals surface area (Å²) in [7, 11) is 0. The zero-order valence-corrected chi connectivity index (χ0v) is 14.5. The molecule has 1 saturated heterocycles. The van der Waals surface area contributed by atoms with Gasteiger partial charge in [0.15, 0.2) is 24.6 Å². The van der Waals surface area contributed by atoms with Gasteiger partial charge in [-0.3, -0.25) is 14.4 Å². The van der Waals surface area contributed by atoms with Gasteiger partial charge in [0.25, 0.3) is 0 Å². The van der Waals surface area contributed by atoms with Gasteiger partial charge in [0.2, 0.25) is 0 Å². The van der Waals surface area contributed by atoms with Crippen molar-refractivity contribution >= 4 is 17.9 Å². The Morgan fingerprint density at radius 1 is 1.04 bits per heavy atom. The fourth-order valence-corrected chi connectivity index (χ4v) is 2.37. The van der Waals surface area contributed by atoms with Crippen LogP contribution in [0.15, 0.2) is 5.11 Å². The van der Waals surface area contributed by atoms with E-state index < -0.39 is 55.3 Å². The minimum atomic E-state index is -1.35. The Morgan fingerprint density at radius 3 is 2.08 bits per heavy atom. The van der Waals surface area contributed by atoms with Gasteiger partial charge in [-0.05, 0) is 5.53 Å². The highest BCUT2D eigenvalue weighted by molar-refractivity contribution is 5.68. The summed E-state index contributed by atoms with van der Waals surface area (Å²) in [6.07, 6.45) is -6.67. The van der Waals surface area contributed by atoms with Crippen LogP contribution in [0.25, 0.3) is 10.4 Å². The Bertz CT molecular complexity index is 568. The number of rotatable bonds is 8. The maximum absolute atomic E-state index is 13.4. The quantitative estimate of drug-likeness (QED) is 0.151. The van der Waals surface area contributed by atoms with Crippen molar-refractivity contribution in [2.75, 3.05) is 19.8 Å². The molecule has 0 N–H and O–H groups in total. The number of nitrogens with zero attached hydrogens (tertiary/aromatic N) is 3. The second-order valence-electron chi connectivity index (χ2n) is 5.24. The fourth-order valence-electron chi connectivity index (χ4n) is 2.37. The maximum atomic E-state index is 13.4. The normalized spacial score (nSPS) is 27.8. The first-order chi connectivity index (χ1) is 12.3. The SMILES string of the molecule is CC(=O)O[C@@H]1[C@H](OC(C)=O)[C@@H](OCCN=[N+]=[N-])O[C@H](CF)[C@H]1OC(C)=O. The first-order valence-corrected chi connectivity index (χ1v) is 7.65. The number of carbonyl (C=O) groups is 3. The molecule has 0 aromatic rings. The number of esters is 3. The molecule has 11 nitrogen and oxygen atoms in total. The molecule has 1 rings (SSSR count). The van der Waals surface area contributed by atoms with E-state index in [1.54, 1.807) is 0 Å². The minimum Gasteiger partial charge on any atom is -0.456 e. The van der Waals surface area contributed by atoms with Crippen molar-refractivity contribution in [2.45, 2.75) is 51.5 Å². The first kappa shape index (κ1) is 21.6. The molecule has 0 amide bonds. The summed E-state index contributed by atoms with van der Waals surface area (Å²) in [6.45, 7) is 2.00. The first-order valence-electron chi connectivity index (χ1n) is 7.65. The van der Waals surface area contributed by atoms with Crippen molar-refractivity contribution in [1.82, 2.24) is 0 Å². The van der Waals surface area contributed by atoms with Gasteiger partial charge in [0.1, 0.15) is 12.8 Å². The summed E-state index contributed by atoms with van der Waals surface area (Å²) >= 11 is 0. The molecule has 1 aliphatic rings. The van der Waals surface area contributed by atoms with E-state index in [0.717, 1.165) is 20.8 Å². The smallest absolute Gasteiger partial charge is 0.303 e. The number of carbonyl (C=O) groups excluding carboxylic acids is 3. The van der Waals surface area contributed by atoms with E-state index in [1.165, 1.54) is 0 Å². The van der Waals surface area contributed by atoms with Gasteiger partial charge >= 0.3 is 17.9 Å². The molecular weight excluding hydrogens is 357 g/mol. The molecule has 0 saturated carbocycles. The monoisotopic (exact) mass is 377 g/mol. The average molecular weight is 377 g/mol. The molecule has 1 heterocycles. The van der Waals surface area contributed by atoms with Crippen LogP contribution in [0.1, 0.15) is 20.8 Å². The van der Waals surface area contributed by atoms with Crippen LogP contribution < -0.4 is 0 Å². The van der Waals surface area contributed by atoms with Crippen LogP contribution in [0.4, 0.5) is 4.39 Å². The van der Waals surface area contributed by atoms with E-state index in [-0.39, 0.29) is 13.2 Å². The Balaban J connectivity index is 3.12. The Morgan fingerprint density at radius 2 is 1.58 bits per heavy atom. The van der Waals surface area contributed by atoms with Crippen molar-refractivity contribution in [3.63, 3.8) is 0 Å². The highest BCUT2D eigenvalue weighted by Crippen LogP contribution is 2.29. The maximum Gasteiger partial charge on any atom is 0.303 e. The highest BCUT2D eigenvalue weighted by Gasteiger charge is 2.52. The third-order valence-corrected chi connectivity index (χ3v) is 3.19. The van der Waals surface area contributed by atoms with E-state index in [9.17, 15) is 18.8 Å². The van der Waals surface area contributed by atoms with Gasteiger partial charge in [-0.25, -0.2) is 4.39 Å². The van der Waals surface area contributed by atoms with Crippen LogP contribution in [0.3, 0.4) is 0 Å². The van der Waals surface area contributed by atoms with Crippen LogP contribution in [-0.2, 0) is 38.1 Å². The molecule has 0 spiro atoms. The second kappa shape index (κ2) is 10.5. The van der Waals surface area contributed by atoms with Gasteiger partial charge in [-0.1, -0.05) is 5.11 Å². The van der Waals surface area contributed by atoms with Crippen LogP contribution in [0.5, 0.6) is 0 Å². The molecule has 0 aliphatic carbocycles. The van der Waals surface area contributed by atoms with Crippen molar-refractivity contribution in [1.29, 1.82) is 0 Å². The number of hydrogen-bond acceptors (Lipinski definition) is 9. The molecule has 0 radical (unpaired) electrons. The molecular formula is C14H20FN3O8. The number of hydrogen-bond donors (Lipinski definition) is 0. The van der Waals surface area contributed by atoms with Gasteiger partial charge in [0, 0.05) is 32.2 Å². The van der Waals surface area contributed by atoms with Crippen LogP contribution >= 0.6 is 0 Å². The average Bonchev–Trinajstić information content (AvgIpc) is 2.54. The van der Waals surface area contributed by atoms with E-state index >= 15 is 0 Å². The molecule has 26 heavy (non-hydrogen) atoms. The summed E-state index contributed by atoms with van der Waals surface area (Å²) in [5, 5.41) is 3.27. The Labute approximate surface area is 148 Å². The second-order valence-corrected chi connectivity index (χ2v) is 5.24. The topological polar surface area (TPSA) is 146 Å². The van der Waals surface area contributed by atoms with Gasteiger partial charge < -0.3 is 23.7 Å². The van der Waals surface area contributed by atoms with Crippen LogP contribution in [0, 0.1) is 0 Å².